The SMILES string of the molecule is CCCCCCCCC=CCCCCCCCC(=O)NC(=O)C1(C)CC(C)(C(=O)NC(=O)CCCCCCCC=CCCCCCCCC)CC(C)(C(=O)NC(=O)CCCCCCCC=CCCCCCCCC)C1. The first-order valence-electron chi connectivity index (χ1n) is 31.7. The van der Waals surface area contributed by atoms with Gasteiger partial charge in [-0.3, -0.25) is 44.7 Å². The molecule has 0 heterocycles. The maximum absolute atomic E-state index is 14.1. The minimum Gasteiger partial charge on any atom is -0.296 e. The maximum atomic E-state index is 14.1. The number of carbonyl (C=O) groups is 6. The first-order valence-corrected chi connectivity index (χ1v) is 31.7. The van der Waals surface area contributed by atoms with Crippen molar-refractivity contribution in [2.45, 2.75) is 330 Å². The second-order valence-electron chi connectivity index (χ2n) is 23.8. The van der Waals surface area contributed by atoms with Gasteiger partial charge in [-0.15, -0.1) is 0 Å². The third-order valence-corrected chi connectivity index (χ3v) is 15.7. The molecule has 1 aliphatic carbocycles. The van der Waals surface area contributed by atoms with E-state index < -0.39 is 34.0 Å². The number of carbonyl (C=O) groups excluding carboxylic acids is 6. The fourth-order valence-electron chi connectivity index (χ4n) is 11.3. The van der Waals surface area contributed by atoms with Crippen LogP contribution >= 0.6 is 0 Å². The van der Waals surface area contributed by atoms with Crippen LogP contribution in [0, 0.1) is 16.2 Å². The summed E-state index contributed by atoms with van der Waals surface area (Å²) in [6, 6.07) is 0. The molecule has 1 fully saturated rings. The molecule has 3 N–H and O–H groups in total. The van der Waals surface area contributed by atoms with Crippen molar-refractivity contribution in [2.75, 3.05) is 0 Å². The first-order chi connectivity index (χ1) is 36.2. The number of unbranched alkanes of at least 4 members (excludes halogenated alkanes) is 33. The van der Waals surface area contributed by atoms with Crippen molar-refractivity contribution in [1.82, 2.24) is 16.0 Å². The first kappa shape index (κ1) is 69.7. The number of imide groups is 3. The van der Waals surface area contributed by atoms with Gasteiger partial charge in [0, 0.05) is 35.5 Å². The number of hydrogen-bond acceptors (Lipinski definition) is 6. The summed E-state index contributed by atoms with van der Waals surface area (Å²) >= 11 is 0. The summed E-state index contributed by atoms with van der Waals surface area (Å²) in [5, 5.41) is 7.88. The van der Waals surface area contributed by atoms with Gasteiger partial charge in [-0.1, -0.05) is 232 Å². The lowest BCUT2D eigenvalue weighted by atomic mass is 9.53. The van der Waals surface area contributed by atoms with Crippen LogP contribution in [0.5, 0.6) is 0 Å². The molecule has 1 rings (SSSR count). The van der Waals surface area contributed by atoms with E-state index in [9.17, 15) is 28.8 Å². The Morgan fingerprint density at radius 2 is 0.453 bits per heavy atom. The third-order valence-electron chi connectivity index (χ3n) is 15.7. The van der Waals surface area contributed by atoms with Crippen molar-refractivity contribution in [2.24, 2.45) is 16.2 Å². The zero-order valence-corrected chi connectivity index (χ0v) is 49.7. The molecule has 0 aromatic rings. The van der Waals surface area contributed by atoms with Gasteiger partial charge in [0.2, 0.25) is 35.4 Å². The highest BCUT2D eigenvalue weighted by Crippen LogP contribution is 2.55. The Morgan fingerprint density at radius 3 is 0.653 bits per heavy atom. The highest BCUT2D eigenvalue weighted by Gasteiger charge is 2.58. The van der Waals surface area contributed by atoms with E-state index in [1.807, 2.05) is 0 Å². The number of hydrogen-bond donors (Lipinski definition) is 3. The van der Waals surface area contributed by atoms with Gasteiger partial charge in [-0.25, -0.2) is 0 Å². The van der Waals surface area contributed by atoms with E-state index in [4.69, 9.17) is 0 Å². The summed E-state index contributed by atoms with van der Waals surface area (Å²) < 4.78 is 0. The van der Waals surface area contributed by atoms with Crippen molar-refractivity contribution < 1.29 is 28.8 Å². The Balaban J connectivity index is 2.74. The molecule has 0 bridgehead atoms. The molecule has 9 nitrogen and oxygen atoms in total. The average Bonchev–Trinajstić information content (AvgIpc) is 3.37. The molecule has 9 heteroatoms. The van der Waals surface area contributed by atoms with E-state index in [0.29, 0.717) is 19.3 Å². The van der Waals surface area contributed by atoms with E-state index in [-0.39, 0.29) is 56.2 Å². The summed E-state index contributed by atoms with van der Waals surface area (Å²) in [5.41, 5.74) is -3.89. The molecule has 75 heavy (non-hydrogen) atoms. The lowest BCUT2D eigenvalue weighted by Crippen LogP contribution is -2.59. The standard InChI is InChI=1S/C66H117N3O6/c1-7-10-13-16-19-22-25-28-31-34-37-40-43-46-49-52-58(70)67-61(73)64(4)55-65(5,62(74)68-59(71)53-50-47-44-41-38-35-32-29-26-23-20-17-14-11-8-2)57-66(6,56-64)63(75)69-60(72)54-51-48-45-42-39-36-33-30-27-24-21-18-15-12-9-3/h28-33H,7-27,34-57H2,1-6H3,(H,67,70,73)(H,68,71,74)(H,69,72,75). The minimum atomic E-state index is -1.30. The van der Waals surface area contributed by atoms with Crippen LogP contribution in [0.1, 0.15) is 330 Å². The number of nitrogens with one attached hydrogen (secondary N) is 3. The van der Waals surface area contributed by atoms with Crippen LogP contribution in [-0.4, -0.2) is 35.4 Å². The van der Waals surface area contributed by atoms with Crippen LogP contribution < -0.4 is 16.0 Å². The summed E-state index contributed by atoms with van der Waals surface area (Å²) in [6.45, 7) is 11.9. The van der Waals surface area contributed by atoms with Gasteiger partial charge in [0.25, 0.3) is 0 Å². The van der Waals surface area contributed by atoms with Crippen LogP contribution in [0.2, 0.25) is 0 Å². The van der Waals surface area contributed by atoms with Gasteiger partial charge < -0.3 is 0 Å². The lowest BCUT2D eigenvalue weighted by Gasteiger charge is -2.50. The van der Waals surface area contributed by atoms with Crippen LogP contribution in [0.3, 0.4) is 0 Å². The molecule has 0 radical (unpaired) electrons. The molecular weight excluding hydrogens is 931 g/mol. The fraction of sp³-hybridized carbons (Fsp3) is 0.818. The predicted molar refractivity (Wildman–Crippen MR) is 316 cm³/mol. The van der Waals surface area contributed by atoms with Gasteiger partial charge in [-0.05, 0) is 116 Å². The van der Waals surface area contributed by atoms with E-state index in [1.165, 1.54) is 116 Å². The summed E-state index contributed by atoms with van der Waals surface area (Å²) in [6.07, 6.45) is 59.5. The molecule has 432 valence electrons. The Hall–Kier alpha value is -3.36. The van der Waals surface area contributed by atoms with Gasteiger partial charge in [0.1, 0.15) is 0 Å². The van der Waals surface area contributed by atoms with Crippen LogP contribution in [-0.2, 0) is 28.8 Å². The van der Waals surface area contributed by atoms with Gasteiger partial charge in [0.05, 0.1) is 0 Å². The summed E-state index contributed by atoms with van der Waals surface area (Å²) in [5.74, 6) is -2.70. The highest BCUT2D eigenvalue weighted by molar-refractivity contribution is 6.03. The quantitative estimate of drug-likeness (QED) is 0.0410. The monoisotopic (exact) mass is 1050 g/mol. The molecule has 1 aliphatic rings. The Bertz CT molecular complexity index is 1420. The molecule has 1 saturated carbocycles. The molecule has 0 aliphatic heterocycles. The fourth-order valence-corrected chi connectivity index (χ4v) is 11.3. The van der Waals surface area contributed by atoms with Gasteiger partial charge >= 0.3 is 0 Å². The average molecular weight is 1050 g/mol. The topological polar surface area (TPSA) is 139 Å². The molecule has 0 spiro atoms. The number of rotatable bonds is 48. The highest BCUT2D eigenvalue weighted by atomic mass is 16.2. The van der Waals surface area contributed by atoms with Crippen molar-refractivity contribution >= 4 is 35.4 Å². The molecular formula is C66H117N3O6. The molecule has 0 aromatic carbocycles. The second-order valence-corrected chi connectivity index (χ2v) is 23.8. The summed E-state index contributed by atoms with van der Waals surface area (Å²) in [7, 11) is 0. The Labute approximate surface area is 461 Å². The smallest absolute Gasteiger partial charge is 0.232 e. The second kappa shape index (κ2) is 45.6. The maximum Gasteiger partial charge on any atom is 0.232 e. The minimum absolute atomic E-state index is 0.0464. The van der Waals surface area contributed by atoms with Crippen molar-refractivity contribution in [1.29, 1.82) is 0 Å². The zero-order valence-electron chi connectivity index (χ0n) is 49.7. The largest absolute Gasteiger partial charge is 0.296 e. The van der Waals surface area contributed by atoms with Gasteiger partial charge in [-0.2, -0.15) is 0 Å². The van der Waals surface area contributed by atoms with Crippen LogP contribution in [0.15, 0.2) is 36.5 Å². The predicted octanol–water partition coefficient (Wildman–Crippen LogP) is 18.2. The van der Waals surface area contributed by atoms with Crippen molar-refractivity contribution in [3.63, 3.8) is 0 Å². The normalized spacial score (nSPS) is 18.8. The molecule has 6 amide bonds. The van der Waals surface area contributed by atoms with Crippen LogP contribution in [0.4, 0.5) is 0 Å². The summed E-state index contributed by atoms with van der Waals surface area (Å²) in [4.78, 5) is 82.1. The lowest BCUT2D eigenvalue weighted by molar-refractivity contribution is -0.155. The van der Waals surface area contributed by atoms with Crippen LogP contribution in [0.25, 0.3) is 0 Å². The molecule has 0 unspecified atom stereocenters. The Kier molecular flexibility index (Phi) is 42.4. The number of amides is 6. The molecule has 0 aromatic heterocycles. The molecule has 0 atom stereocenters. The van der Waals surface area contributed by atoms with Gasteiger partial charge in [0.15, 0.2) is 0 Å². The Morgan fingerprint density at radius 1 is 0.280 bits per heavy atom. The van der Waals surface area contributed by atoms with E-state index in [0.717, 1.165) is 116 Å². The van der Waals surface area contributed by atoms with Crippen molar-refractivity contribution in [3.05, 3.63) is 36.5 Å². The zero-order chi connectivity index (χ0) is 55.1. The number of allylic oxidation sites excluding steroid dienone is 6. The van der Waals surface area contributed by atoms with E-state index >= 15 is 0 Å². The third kappa shape index (κ3) is 36.4. The van der Waals surface area contributed by atoms with E-state index in [2.05, 4.69) is 73.2 Å². The molecule has 0 saturated heterocycles. The van der Waals surface area contributed by atoms with Crippen molar-refractivity contribution in [3.8, 4) is 0 Å². The van der Waals surface area contributed by atoms with E-state index in [1.54, 1.807) is 20.8 Å².